The summed E-state index contributed by atoms with van der Waals surface area (Å²) in [5.74, 6) is 0.296. The van der Waals surface area contributed by atoms with E-state index in [1.54, 1.807) is 11.3 Å². The molecule has 1 aromatic rings. The molecular formula is C11H14BrNO2S. The van der Waals surface area contributed by atoms with Crippen LogP contribution in [0.1, 0.15) is 17.7 Å². The molecule has 1 fully saturated rings. The smallest absolute Gasteiger partial charge is 0.223 e. The van der Waals surface area contributed by atoms with E-state index >= 15 is 0 Å². The van der Waals surface area contributed by atoms with Gasteiger partial charge in [0.1, 0.15) is 0 Å². The van der Waals surface area contributed by atoms with Crippen LogP contribution >= 0.6 is 27.3 Å². The zero-order chi connectivity index (χ0) is 11.4. The van der Waals surface area contributed by atoms with Gasteiger partial charge in [-0.25, -0.2) is 0 Å². The van der Waals surface area contributed by atoms with E-state index in [0.29, 0.717) is 19.8 Å². The highest BCUT2D eigenvalue weighted by Gasteiger charge is 2.21. The normalized spacial score (nSPS) is 17.3. The summed E-state index contributed by atoms with van der Waals surface area (Å²) in [4.78, 5) is 13.0. The van der Waals surface area contributed by atoms with Crippen LogP contribution in [0.4, 0.5) is 0 Å². The number of halogens is 1. The summed E-state index contributed by atoms with van der Waals surface area (Å²) < 4.78 is 6.31. The Kier molecular flexibility index (Phi) is 4.37. The van der Waals surface area contributed by atoms with Crippen molar-refractivity contribution in [1.82, 2.24) is 5.32 Å². The fraction of sp³-hybridized carbons (Fsp3) is 0.545. The third kappa shape index (κ3) is 3.30. The predicted molar refractivity (Wildman–Crippen MR) is 67.4 cm³/mol. The first-order chi connectivity index (χ1) is 7.75. The van der Waals surface area contributed by atoms with Gasteiger partial charge >= 0.3 is 0 Å². The number of hydrogen-bond acceptors (Lipinski definition) is 3. The molecule has 88 valence electrons. The molecule has 2 rings (SSSR count). The Morgan fingerprint density at radius 1 is 1.56 bits per heavy atom. The van der Waals surface area contributed by atoms with Gasteiger partial charge < -0.3 is 10.1 Å². The summed E-state index contributed by atoms with van der Waals surface area (Å²) in [7, 11) is 0. The lowest BCUT2D eigenvalue weighted by atomic mass is 9.99. The van der Waals surface area contributed by atoms with Crippen LogP contribution in [0.15, 0.2) is 15.9 Å². The van der Waals surface area contributed by atoms with Gasteiger partial charge in [0.25, 0.3) is 0 Å². The Bertz CT molecular complexity index is 361. The molecule has 0 radical (unpaired) electrons. The minimum atomic E-state index is 0.136. The van der Waals surface area contributed by atoms with Crippen molar-refractivity contribution >= 4 is 33.2 Å². The molecule has 1 aliphatic heterocycles. The van der Waals surface area contributed by atoms with Crippen molar-refractivity contribution in [3.63, 3.8) is 0 Å². The molecule has 0 aromatic carbocycles. The number of nitrogens with one attached hydrogen (secondary N) is 1. The average molecular weight is 304 g/mol. The molecule has 3 nitrogen and oxygen atoms in total. The van der Waals surface area contributed by atoms with Gasteiger partial charge in [-0.3, -0.25) is 4.79 Å². The number of ether oxygens (including phenoxy) is 1. The van der Waals surface area contributed by atoms with Crippen molar-refractivity contribution < 1.29 is 9.53 Å². The largest absolute Gasteiger partial charge is 0.381 e. The summed E-state index contributed by atoms with van der Waals surface area (Å²) in [5, 5.41) is 5.00. The quantitative estimate of drug-likeness (QED) is 0.932. The van der Waals surface area contributed by atoms with Crippen LogP contribution in [-0.2, 0) is 16.1 Å². The number of carbonyl (C=O) groups excluding carboxylic acids is 1. The Morgan fingerprint density at radius 3 is 2.94 bits per heavy atom. The summed E-state index contributed by atoms with van der Waals surface area (Å²) in [6.07, 6.45) is 1.69. The molecule has 1 aliphatic rings. The molecule has 2 heterocycles. The molecule has 1 aromatic heterocycles. The van der Waals surface area contributed by atoms with Gasteiger partial charge in [-0.2, -0.15) is 0 Å². The summed E-state index contributed by atoms with van der Waals surface area (Å²) in [6.45, 7) is 2.05. The lowest BCUT2D eigenvalue weighted by Gasteiger charge is -2.20. The van der Waals surface area contributed by atoms with Gasteiger partial charge in [0.15, 0.2) is 0 Å². The van der Waals surface area contributed by atoms with Gasteiger partial charge in [-0.15, -0.1) is 11.3 Å². The fourth-order valence-electron chi connectivity index (χ4n) is 1.72. The molecular weight excluding hydrogens is 290 g/mol. The highest BCUT2D eigenvalue weighted by molar-refractivity contribution is 9.10. The summed E-state index contributed by atoms with van der Waals surface area (Å²) >= 11 is 5.05. The fourth-order valence-corrected chi connectivity index (χ4v) is 3.12. The van der Waals surface area contributed by atoms with Crippen LogP contribution in [-0.4, -0.2) is 19.1 Å². The lowest BCUT2D eigenvalue weighted by Crippen LogP contribution is -2.33. The van der Waals surface area contributed by atoms with Gasteiger partial charge in [-0.1, -0.05) is 0 Å². The number of amides is 1. The van der Waals surface area contributed by atoms with Crippen LogP contribution in [0.3, 0.4) is 0 Å². The second-order valence-electron chi connectivity index (χ2n) is 3.84. The lowest BCUT2D eigenvalue weighted by molar-refractivity contribution is -0.127. The highest BCUT2D eigenvalue weighted by Crippen LogP contribution is 2.20. The van der Waals surface area contributed by atoms with E-state index in [4.69, 9.17) is 4.74 Å². The van der Waals surface area contributed by atoms with Crippen LogP contribution in [0.25, 0.3) is 0 Å². The molecule has 0 bridgehead atoms. The number of carbonyl (C=O) groups is 1. The monoisotopic (exact) mass is 303 g/mol. The first-order valence-corrected chi connectivity index (χ1v) is 7.01. The Hall–Kier alpha value is -0.390. The zero-order valence-corrected chi connectivity index (χ0v) is 11.3. The maximum atomic E-state index is 11.8. The molecule has 1 saturated heterocycles. The maximum absolute atomic E-state index is 11.8. The third-order valence-corrected chi connectivity index (χ3v) is 4.35. The minimum absolute atomic E-state index is 0.136. The van der Waals surface area contributed by atoms with Gasteiger partial charge in [0.2, 0.25) is 5.91 Å². The van der Waals surface area contributed by atoms with Crippen LogP contribution < -0.4 is 5.32 Å². The number of thiophene rings is 1. The Labute approximate surface area is 107 Å². The van der Waals surface area contributed by atoms with Gasteiger partial charge in [0.05, 0.1) is 6.54 Å². The molecule has 0 saturated carbocycles. The van der Waals surface area contributed by atoms with E-state index in [1.807, 2.05) is 11.4 Å². The standard InChI is InChI=1S/C11H14BrNO2S/c12-9-5-10(16-7-9)6-13-11(14)8-1-3-15-4-2-8/h5,7-8H,1-4,6H2,(H,13,14). The van der Waals surface area contributed by atoms with Crippen molar-refractivity contribution in [2.45, 2.75) is 19.4 Å². The molecule has 1 N–H and O–H groups in total. The molecule has 0 aliphatic carbocycles. The minimum Gasteiger partial charge on any atom is -0.381 e. The van der Waals surface area contributed by atoms with E-state index < -0.39 is 0 Å². The zero-order valence-electron chi connectivity index (χ0n) is 8.87. The molecule has 1 amide bonds. The maximum Gasteiger partial charge on any atom is 0.223 e. The van der Waals surface area contributed by atoms with Crippen molar-refractivity contribution in [2.24, 2.45) is 5.92 Å². The first kappa shape index (κ1) is 12.1. The van der Waals surface area contributed by atoms with Crippen molar-refractivity contribution in [3.8, 4) is 0 Å². The summed E-state index contributed by atoms with van der Waals surface area (Å²) in [5.41, 5.74) is 0. The topological polar surface area (TPSA) is 38.3 Å². The number of hydrogen-bond donors (Lipinski definition) is 1. The second-order valence-corrected chi connectivity index (χ2v) is 5.75. The third-order valence-electron chi connectivity index (χ3n) is 2.65. The van der Waals surface area contributed by atoms with Crippen LogP contribution in [0.2, 0.25) is 0 Å². The Morgan fingerprint density at radius 2 is 2.31 bits per heavy atom. The predicted octanol–water partition coefficient (Wildman–Crippen LogP) is 2.55. The average Bonchev–Trinajstić information content (AvgIpc) is 2.73. The molecule has 5 heteroatoms. The van der Waals surface area contributed by atoms with Crippen molar-refractivity contribution in [3.05, 3.63) is 20.8 Å². The molecule has 0 unspecified atom stereocenters. The van der Waals surface area contributed by atoms with E-state index in [1.165, 1.54) is 4.88 Å². The van der Waals surface area contributed by atoms with E-state index in [9.17, 15) is 4.79 Å². The highest BCUT2D eigenvalue weighted by atomic mass is 79.9. The van der Waals surface area contributed by atoms with Crippen molar-refractivity contribution in [2.75, 3.05) is 13.2 Å². The van der Waals surface area contributed by atoms with Crippen LogP contribution in [0.5, 0.6) is 0 Å². The molecule has 0 spiro atoms. The van der Waals surface area contributed by atoms with Gasteiger partial charge in [0, 0.05) is 33.9 Å². The van der Waals surface area contributed by atoms with E-state index in [2.05, 4.69) is 21.2 Å². The second kappa shape index (κ2) is 5.80. The molecule has 16 heavy (non-hydrogen) atoms. The SMILES string of the molecule is O=C(NCc1cc(Br)cs1)C1CCOCC1. The van der Waals surface area contributed by atoms with Crippen LogP contribution in [0, 0.1) is 5.92 Å². The first-order valence-electron chi connectivity index (χ1n) is 5.34. The van der Waals surface area contributed by atoms with E-state index in [-0.39, 0.29) is 11.8 Å². The number of rotatable bonds is 3. The van der Waals surface area contributed by atoms with Gasteiger partial charge in [-0.05, 0) is 34.8 Å². The molecule has 0 atom stereocenters. The summed E-state index contributed by atoms with van der Waals surface area (Å²) in [6, 6.07) is 2.04. The Balaban J connectivity index is 1.78. The van der Waals surface area contributed by atoms with Crippen molar-refractivity contribution in [1.29, 1.82) is 0 Å². The van der Waals surface area contributed by atoms with E-state index in [0.717, 1.165) is 17.3 Å².